The lowest BCUT2D eigenvalue weighted by atomic mass is 9.98. The summed E-state index contributed by atoms with van der Waals surface area (Å²) in [6, 6.07) is 3.69. The van der Waals surface area contributed by atoms with Crippen LogP contribution in [0, 0.1) is 0 Å². The molecular formula is C14H17NO5. The van der Waals surface area contributed by atoms with Crippen molar-refractivity contribution in [1.29, 1.82) is 0 Å². The van der Waals surface area contributed by atoms with Crippen LogP contribution in [-0.2, 0) is 4.79 Å². The summed E-state index contributed by atoms with van der Waals surface area (Å²) in [6.45, 7) is 0.435. The molecule has 1 aromatic carbocycles. The third-order valence-electron chi connectivity index (χ3n) is 3.53. The van der Waals surface area contributed by atoms with E-state index in [9.17, 15) is 19.8 Å². The molecule has 0 aromatic heterocycles. The quantitative estimate of drug-likeness (QED) is 0.780. The van der Waals surface area contributed by atoms with Crippen molar-refractivity contribution in [2.24, 2.45) is 0 Å². The van der Waals surface area contributed by atoms with E-state index in [1.54, 1.807) is 0 Å². The number of rotatable bonds is 3. The van der Waals surface area contributed by atoms with Gasteiger partial charge in [0.15, 0.2) is 0 Å². The number of nitrogens with zero attached hydrogens (tertiary/aromatic N) is 1. The Morgan fingerprint density at radius 1 is 1.20 bits per heavy atom. The molecule has 2 rings (SSSR count). The summed E-state index contributed by atoms with van der Waals surface area (Å²) in [5.41, 5.74) is -0.162. The van der Waals surface area contributed by atoms with Crippen molar-refractivity contribution < 1.29 is 24.9 Å². The highest BCUT2D eigenvalue weighted by Gasteiger charge is 2.31. The average Bonchev–Trinajstić information content (AvgIpc) is 2.38. The van der Waals surface area contributed by atoms with Crippen LogP contribution in [0.4, 0.5) is 0 Å². The first-order chi connectivity index (χ1) is 9.50. The van der Waals surface area contributed by atoms with Gasteiger partial charge in [0.25, 0.3) is 5.91 Å². The molecule has 6 nitrogen and oxygen atoms in total. The second-order valence-electron chi connectivity index (χ2n) is 4.92. The summed E-state index contributed by atoms with van der Waals surface area (Å²) < 4.78 is 0. The zero-order chi connectivity index (χ0) is 14.7. The molecule has 0 spiro atoms. The van der Waals surface area contributed by atoms with Crippen molar-refractivity contribution >= 4 is 11.9 Å². The number of hydrogen-bond acceptors (Lipinski definition) is 4. The van der Waals surface area contributed by atoms with E-state index in [0.29, 0.717) is 13.0 Å². The normalized spacial score (nSPS) is 18.8. The zero-order valence-corrected chi connectivity index (χ0v) is 11.0. The highest BCUT2D eigenvalue weighted by molar-refractivity contribution is 5.99. The molecule has 1 unspecified atom stereocenters. The van der Waals surface area contributed by atoms with Gasteiger partial charge < -0.3 is 20.2 Å². The second kappa shape index (κ2) is 5.81. The number of likely N-dealkylation sites (tertiary alicyclic amines) is 1. The third kappa shape index (κ3) is 2.84. The number of carbonyl (C=O) groups is 2. The third-order valence-corrected chi connectivity index (χ3v) is 3.53. The summed E-state index contributed by atoms with van der Waals surface area (Å²) in [5, 5.41) is 28.4. The topological polar surface area (TPSA) is 98.1 Å². The Morgan fingerprint density at radius 2 is 1.85 bits per heavy atom. The number of hydrogen-bond donors (Lipinski definition) is 3. The lowest BCUT2D eigenvalue weighted by Gasteiger charge is -2.35. The number of carboxylic acids is 1. The Morgan fingerprint density at radius 3 is 2.45 bits per heavy atom. The molecule has 0 saturated carbocycles. The maximum atomic E-state index is 12.4. The highest BCUT2D eigenvalue weighted by Crippen LogP contribution is 2.30. The van der Waals surface area contributed by atoms with Crippen molar-refractivity contribution in [2.45, 2.75) is 31.7 Å². The number of piperidine rings is 1. The molecule has 1 aliphatic rings. The van der Waals surface area contributed by atoms with Crippen molar-refractivity contribution in [3.8, 4) is 11.5 Å². The number of benzene rings is 1. The van der Waals surface area contributed by atoms with Crippen molar-refractivity contribution in [3.05, 3.63) is 23.8 Å². The smallest absolute Gasteiger partial charge is 0.305 e. The molecule has 0 radical (unpaired) electrons. The van der Waals surface area contributed by atoms with Gasteiger partial charge in [-0.1, -0.05) is 6.07 Å². The summed E-state index contributed by atoms with van der Waals surface area (Å²) >= 11 is 0. The van der Waals surface area contributed by atoms with Crippen molar-refractivity contribution in [2.75, 3.05) is 6.54 Å². The van der Waals surface area contributed by atoms with Crippen LogP contribution in [-0.4, -0.2) is 44.7 Å². The molecule has 3 N–H and O–H groups in total. The van der Waals surface area contributed by atoms with Gasteiger partial charge in [-0.15, -0.1) is 0 Å². The average molecular weight is 279 g/mol. The molecule has 1 aromatic rings. The molecule has 6 heteroatoms. The maximum Gasteiger partial charge on any atom is 0.305 e. The minimum absolute atomic E-state index is 0.125. The van der Waals surface area contributed by atoms with Gasteiger partial charge in [-0.05, 0) is 31.4 Å². The van der Waals surface area contributed by atoms with Crippen molar-refractivity contribution in [1.82, 2.24) is 4.90 Å². The fraction of sp³-hybridized carbons (Fsp3) is 0.429. The molecular weight excluding hydrogens is 262 g/mol. The van der Waals surface area contributed by atoms with Crippen LogP contribution < -0.4 is 0 Å². The standard InChI is InChI=1S/C14H17NO5/c16-10-5-3-6-11(17)13(10)14(20)15-7-2-1-4-9(15)8-12(18)19/h3,5-6,9,16-17H,1-2,4,7-8H2,(H,18,19). The van der Waals surface area contributed by atoms with E-state index in [0.717, 1.165) is 12.8 Å². The van der Waals surface area contributed by atoms with Gasteiger partial charge >= 0.3 is 5.97 Å². The van der Waals surface area contributed by atoms with Crippen LogP contribution in [0.5, 0.6) is 11.5 Å². The number of phenolic OH excluding ortho intramolecular Hbond substituents is 2. The summed E-state index contributed by atoms with van der Waals surface area (Å²) in [4.78, 5) is 24.8. The number of aromatic hydroxyl groups is 2. The molecule has 0 bridgehead atoms. The molecule has 1 aliphatic heterocycles. The Kier molecular flexibility index (Phi) is 4.12. The van der Waals surface area contributed by atoms with Gasteiger partial charge in [0.2, 0.25) is 0 Å². The molecule has 0 aliphatic carbocycles. The Bertz CT molecular complexity index is 508. The zero-order valence-electron chi connectivity index (χ0n) is 11.0. The molecule has 1 saturated heterocycles. The van der Waals surface area contributed by atoms with Gasteiger partial charge in [-0.25, -0.2) is 0 Å². The SMILES string of the molecule is O=C(O)CC1CCCCN1C(=O)c1c(O)cccc1O. The van der Waals surface area contributed by atoms with Crippen LogP contribution in [0.1, 0.15) is 36.0 Å². The first kappa shape index (κ1) is 14.2. The predicted octanol–water partition coefficient (Wildman–Crippen LogP) is 1.57. The maximum absolute atomic E-state index is 12.4. The van der Waals surface area contributed by atoms with E-state index in [4.69, 9.17) is 5.11 Å². The van der Waals surface area contributed by atoms with E-state index in [1.165, 1.54) is 23.1 Å². The van der Waals surface area contributed by atoms with E-state index in [2.05, 4.69) is 0 Å². The molecule has 1 amide bonds. The van der Waals surface area contributed by atoms with Crippen LogP contribution in [0.2, 0.25) is 0 Å². The van der Waals surface area contributed by atoms with Gasteiger partial charge in [-0.2, -0.15) is 0 Å². The number of carbonyl (C=O) groups excluding carboxylic acids is 1. The first-order valence-corrected chi connectivity index (χ1v) is 6.54. The van der Waals surface area contributed by atoms with Crippen LogP contribution in [0.3, 0.4) is 0 Å². The fourth-order valence-electron chi connectivity index (χ4n) is 2.57. The van der Waals surface area contributed by atoms with Crippen LogP contribution in [0.15, 0.2) is 18.2 Å². The van der Waals surface area contributed by atoms with Crippen molar-refractivity contribution in [3.63, 3.8) is 0 Å². The van der Waals surface area contributed by atoms with E-state index in [-0.39, 0.29) is 23.5 Å². The predicted molar refractivity (Wildman–Crippen MR) is 70.7 cm³/mol. The van der Waals surface area contributed by atoms with Crippen LogP contribution in [0.25, 0.3) is 0 Å². The minimum Gasteiger partial charge on any atom is -0.507 e. The van der Waals surface area contributed by atoms with Crippen LogP contribution >= 0.6 is 0 Å². The minimum atomic E-state index is -0.962. The summed E-state index contributed by atoms with van der Waals surface area (Å²) in [6.07, 6.45) is 2.15. The Hall–Kier alpha value is -2.24. The first-order valence-electron chi connectivity index (χ1n) is 6.54. The van der Waals surface area contributed by atoms with Gasteiger partial charge in [0, 0.05) is 12.6 Å². The molecule has 1 atom stereocenters. The number of amides is 1. The number of phenols is 2. The van der Waals surface area contributed by atoms with E-state index >= 15 is 0 Å². The summed E-state index contributed by atoms with van der Waals surface area (Å²) in [7, 11) is 0. The second-order valence-corrected chi connectivity index (χ2v) is 4.92. The lowest BCUT2D eigenvalue weighted by molar-refractivity contribution is -0.138. The van der Waals surface area contributed by atoms with Gasteiger partial charge in [-0.3, -0.25) is 9.59 Å². The largest absolute Gasteiger partial charge is 0.507 e. The highest BCUT2D eigenvalue weighted by atomic mass is 16.4. The van der Waals surface area contributed by atoms with Gasteiger partial charge in [0.1, 0.15) is 17.1 Å². The Balaban J connectivity index is 2.28. The number of carboxylic acid groups (broad SMARTS) is 1. The van der Waals surface area contributed by atoms with Gasteiger partial charge in [0.05, 0.1) is 6.42 Å². The molecule has 1 fully saturated rings. The molecule has 20 heavy (non-hydrogen) atoms. The fourth-order valence-corrected chi connectivity index (χ4v) is 2.57. The number of aliphatic carboxylic acids is 1. The summed E-state index contributed by atoms with van der Waals surface area (Å²) in [5.74, 6) is -2.08. The molecule has 108 valence electrons. The Labute approximate surface area is 116 Å². The monoisotopic (exact) mass is 279 g/mol. The van der Waals surface area contributed by atoms with E-state index < -0.39 is 17.9 Å². The molecule has 1 heterocycles. The van der Waals surface area contributed by atoms with E-state index in [1.807, 2.05) is 0 Å². The lowest BCUT2D eigenvalue weighted by Crippen LogP contribution is -2.44.